The monoisotopic (exact) mass is 240 g/mol. The van der Waals surface area contributed by atoms with Crippen molar-refractivity contribution in [3.63, 3.8) is 0 Å². The molecule has 1 aromatic rings. The summed E-state index contributed by atoms with van der Waals surface area (Å²) in [6.07, 6.45) is 0.273. The van der Waals surface area contributed by atoms with Gasteiger partial charge in [-0.1, -0.05) is 6.07 Å². The Balaban J connectivity index is 2.50. The van der Waals surface area contributed by atoms with Crippen molar-refractivity contribution in [3.8, 4) is 0 Å². The highest BCUT2D eigenvalue weighted by Crippen LogP contribution is 2.11. The minimum atomic E-state index is -1.16. The molecule has 0 aromatic heterocycles. The average molecular weight is 240 g/mol. The molecule has 0 aliphatic heterocycles. The van der Waals surface area contributed by atoms with Gasteiger partial charge in [-0.25, -0.2) is 0 Å². The molecule has 0 heterocycles. The van der Waals surface area contributed by atoms with Gasteiger partial charge in [-0.3, -0.25) is 9.00 Å². The van der Waals surface area contributed by atoms with Crippen LogP contribution in [0.15, 0.2) is 29.2 Å². The van der Waals surface area contributed by atoms with Gasteiger partial charge in [0.05, 0.1) is 10.8 Å². The number of hydrogen-bond acceptors (Lipinski definition) is 3. The Kier molecular flexibility index (Phi) is 4.98. The van der Waals surface area contributed by atoms with Gasteiger partial charge in [0, 0.05) is 29.3 Å². The normalized spacial score (nSPS) is 12.1. The van der Waals surface area contributed by atoms with Gasteiger partial charge in [-0.2, -0.15) is 0 Å². The molecule has 1 aromatic carbocycles. The van der Waals surface area contributed by atoms with Gasteiger partial charge in [-0.05, 0) is 25.1 Å². The van der Waals surface area contributed by atoms with E-state index in [1.165, 1.54) is 0 Å². The predicted molar refractivity (Wildman–Crippen MR) is 65.4 cm³/mol. The third kappa shape index (κ3) is 4.02. The van der Waals surface area contributed by atoms with Crippen molar-refractivity contribution in [2.45, 2.75) is 18.2 Å². The Morgan fingerprint density at radius 1 is 1.50 bits per heavy atom. The van der Waals surface area contributed by atoms with Crippen molar-refractivity contribution in [1.82, 2.24) is 5.32 Å². The highest BCUT2D eigenvalue weighted by atomic mass is 32.2. The predicted octanol–water partition coefficient (Wildman–Crippen LogP) is 0.903. The summed E-state index contributed by atoms with van der Waals surface area (Å²) in [4.78, 5) is 11.8. The van der Waals surface area contributed by atoms with Crippen molar-refractivity contribution in [2.75, 3.05) is 18.0 Å². The molecule has 0 fully saturated rings. The van der Waals surface area contributed by atoms with Crippen molar-refractivity contribution in [1.29, 1.82) is 0 Å². The Morgan fingerprint density at radius 3 is 2.88 bits per heavy atom. The molecule has 0 saturated carbocycles. The summed E-state index contributed by atoms with van der Waals surface area (Å²) < 4.78 is 11.8. The first-order chi connectivity index (χ1) is 7.63. The molecule has 5 heteroatoms. The van der Waals surface area contributed by atoms with Crippen LogP contribution in [-0.2, 0) is 15.6 Å². The number of benzene rings is 1. The van der Waals surface area contributed by atoms with E-state index in [2.05, 4.69) is 5.32 Å². The summed E-state index contributed by atoms with van der Waals surface area (Å²) in [6.45, 7) is 2.45. The van der Waals surface area contributed by atoms with Crippen LogP contribution in [0.3, 0.4) is 0 Å². The number of amides is 1. The first-order valence-electron chi connectivity index (χ1n) is 5.14. The standard InChI is InChI=1S/C11H16N2O2S/c1-2-13-11(14)6-7-16(15)10-5-3-4-9(12)8-10/h3-5,8H,2,6-7,12H2,1H3,(H,13,14). The minimum Gasteiger partial charge on any atom is -0.399 e. The van der Waals surface area contributed by atoms with E-state index in [0.717, 1.165) is 0 Å². The van der Waals surface area contributed by atoms with Crippen LogP contribution in [0.1, 0.15) is 13.3 Å². The molecular formula is C11H16N2O2S. The molecule has 0 aliphatic carbocycles. The SMILES string of the molecule is CCNC(=O)CCS(=O)c1cccc(N)c1. The molecule has 0 radical (unpaired) electrons. The summed E-state index contributed by atoms with van der Waals surface area (Å²) in [5.74, 6) is 0.259. The zero-order chi connectivity index (χ0) is 12.0. The number of nitrogen functional groups attached to an aromatic ring is 1. The molecule has 1 amide bonds. The summed E-state index contributed by atoms with van der Waals surface area (Å²) in [6, 6.07) is 6.93. The number of anilines is 1. The summed E-state index contributed by atoms with van der Waals surface area (Å²) in [5.41, 5.74) is 6.17. The van der Waals surface area contributed by atoms with Crippen LogP contribution in [0.5, 0.6) is 0 Å². The molecule has 0 spiro atoms. The van der Waals surface area contributed by atoms with Gasteiger partial charge in [0.15, 0.2) is 0 Å². The molecule has 1 unspecified atom stereocenters. The Morgan fingerprint density at radius 2 is 2.25 bits per heavy atom. The van der Waals surface area contributed by atoms with Gasteiger partial charge in [0.1, 0.15) is 0 Å². The quantitative estimate of drug-likeness (QED) is 0.751. The molecule has 1 atom stereocenters. The average Bonchev–Trinajstić information content (AvgIpc) is 2.26. The molecular weight excluding hydrogens is 224 g/mol. The topological polar surface area (TPSA) is 72.2 Å². The number of carbonyl (C=O) groups excluding carboxylic acids is 1. The van der Waals surface area contributed by atoms with Gasteiger partial charge in [0.25, 0.3) is 0 Å². The Labute approximate surface area is 97.7 Å². The molecule has 16 heavy (non-hydrogen) atoms. The highest BCUT2D eigenvalue weighted by Gasteiger charge is 2.07. The summed E-state index contributed by atoms with van der Waals surface area (Å²) >= 11 is 0. The number of nitrogens with two attached hydrogens (primary N) is 1. The maximum Gasteiger partial charge on any atom is 0.220 e. The van der Waals surface area contributed by atoms with E-state index in [-0.39, 0.29) is 12.3 Å². The number of hydrogen-bond donors (Lipinski definition) is 2. The van der Waals surface area contributed by atoms with Crippen molar-refractivity contribution in [3.05, 3.63) is 24.3 Å². The second-order valence-corrected chi connectivity index (χ2v) is 4.90. The molecule has 88 valence electrons. The zero-order valence-corrected chi connectivity index (χ0v) is 10.0. The van der Waals surface area contributed by atoms with Crippen molar-refractivity contribution in [2.24, 2.45) is 0 Å². The van der Waals surface area contributed by atoms with Crippen LogP contribution in [-0.4, -0.2) is 22.4 Å². The number of rotatable bonds is 5. The van der Waals surface area contributed by atoms with Crippen molar-refractivity contribution >= 4 is 22.4 Å². The first kappa shape index (κ1) is 12.7. The van der Waals surface area contributed by atoms with Crippen LogP contribution in [0.2, 0.25) is 0 Å². The van der Waals surface area contributed by atoms with E-state index in [1.54, 1.807) is 24.3 Å². The van der Waals surface area contributed by atoms with Crippen LogP contribution >= 0.6 is 0 Å². The highest BCUT2D eigenvalue weighted by molar-refractivity contribution is 7.85. The molecule has 4 nitrogen and oxygen atoms in total. The Bertz CT molecular complexity index is 393. The molecule has 0 aliphatic rings. The maximum absolute atomic E-state index is 11.8. The zero-order valence-electron chi connectivity index (χ0n) is 9.23. The third-order valence-corrected chi connectivity index (χ3v) is 3.36. The maximum atomic E-state index is 11.8. The molecule has 0 saturated heterocycles. The fourth-order valence-corrected chi connectivity index (χ4v) is 2.35. The van der Waals surface area contributed by atoms with Gasteiger partial charge in [0.2, 0.25) is 5.91 Å². The van der Waals surface area contributed by atoms with Crippen molar-refractivity contribution < 1.29 is 9.00 Å². The lowest BCUT2D eigenvalue weighted by Crippen LogP contribution is -2.24. The fourth-order valence-electron chi connectivity index (χ4n) is 1.24. The second kappa shape index (κ2) is 6.27. The van der Waals surface area contributed by atoms with E-state index in [9.17, 15) is 9.00 Å². The first-order valence-corrected chi connectivity index (χ1v) is 6.46. The smallest absolute Gasteiger partial charge is 0.220 e. The second-order valence-electron chi connectivity index (χ2n) is 3.33. The molecule has 1 rings (SSSR count). The van der Waals surface area contributed by atoms with E-state index in [1.807, 2.05) is 6.92 Å². The number of carbonyl (C=O) groups is 1. The van der Waals surface area contributed by atoms with Crippen LogP contribution in [0.4, 0.5) is 5.69 Å². The van der Waals surface area contributed by atoms with Crippen LogP contribution < -0.4 is 11.1 Å². The summed E-state index contributed by atoms with van der Waals surface area (Å²) in [5, 5.41) is 2.67. The van der Waals surface area contributed by atoms with Crippen LogP contribution in [0, 0.1) is 0 Å². The minimum absolute atomic E-state index is 0.0697. The van der Waals surface area contributed by atoms with E-state index >= 15 is 0 Å². The van der Waals surface area contributed by atoms with Gasteiger partial charge >= 0.3 is 0 Å². The largest absolute Gasteiger partial charge is 0.399 e. The third-order valence-electron chi connectivity index (χ3n) is 2.01. The number of nitrogens with one attached hydrogen (secondary N) is 1. The fraction of sp³-hybridized carbons (Fsp3) is 0.364. The summed E-state index contributed by atoms with van der Waals surface area (Å²) in [7, 11) is -1.16. The van der Waals surface area contributed by atoms with Gasteiger partial charge in [-0.15, -0.1) is 0 Å². The van der Waals surface area contributed by atoms with Gasteiger partial charge < -0.3 is 11.1 Å². The lowest BCUT2D eigenvalue weighted by Gasteiger charge is -2.03. The lowest BCUT2D eigenvalue weighted by atomic mass is 10.3. The molecule has 0 bridgehead atoms. The lowest BCUT2D eigenvalue weighted by molar-refractivity contribution is -0.120. The Hall–Kier alpha value is -1.36. The van der Waals surface area contributed by atoms with Crippen LogP contribution in [0.25, 0.3) is 0 Å². The van der Waals surface area contributed by atoms with E-state index < -0.39 is 10.8 Å². The van der Waals surface area contributed by atoms with E-state index in [0.29, 0.717) is 22.9 Å². The molecule has 3 N–H and O–H groups in total. The van der Waals surface area contributed by atoms with E-state index in [4.69, 9.17) is 5.73 Å².